The Morgan fingerprint density at radius 2 is 2.29 bits per heavy atom. The van der Waals surface area contributed by atoms with Gasteiger partial charge in [0.05, 0.1) is 29.8 Å². The first-order chi connectivity index (χ1) is 6.86. The predicted octanol–water partition coefficient (Wildman–Crippen LogP) is 0.452. The van der Waals surface area contributed by atoms with Gasteiger partial charge in [0.15, 0.2) is 0 Å². The molecule has 2 aromatic rings. The van der Waals surface area contributed by atoms with E-state index in [4.69, 9.17) is 0 Å². The maximum Gasteiger partial charge on any atom is 0.257 e. The predicted molar refractivity (Wildman–Crippen MR) is 48.6 cm³/mol. The van der Waals surface area contributed by atoms with Crippen LogP contribution in [0, 0.1) is 0 Å². The van der Waals surface area contributed by atoms with E-state index in [1.165, 1.54) is 18.6 Å². The molecule has 0 saturated carbocycles. The number of aromatic nitrogens is 4. The highest BCUT2D eigenvalue weighted by Crippen LogP contribution is 2.04. The lowest BCUT2D eigenvalue weighted by Gasteiger charge is -1.99. The van der Waals surface area contributed by atoms with Gasteiger partial charge < -0.3 is 5.32 Å². The number of H-pyrrole nitrogens is 1. The molecule has 0 aliphatic heterocycles. The van der Waals surface area contributed by atoms with Crippen LogP contribution in [0.25, 0.3) is 0 Å². The van der Waals surface area contributed by atoms with E-state index < -0.39 is 0 Å². The molecule has 0 aromatic carbocycles. The van der Waals surface area contributed by atoms with Gasteiger partial charge in [-0.15, -0.1) is 0 Å². The number of anilines is 1. The van der Waals surface area contributed by atoms with Crippen LogP contribution in [-0.2, 0) is 0 Å². The highest BCUT2D eigenvalue weighted by Gasteiger charge is 2.05. The highest BCUT2D eigenvalue weighted by molar-refractivity contribution is 6.03. The van der Waals surface area contributed by atoms with Crippen LogP contribution >= 0.6 is 0 Å². The Morgan fingerprint density at radius 1 is 1.36 bits per heavy atom. The molecular formula is C8H7N5O. The molecule has 6 heteroatoms. The summed E-state index contributed by atoms with van der Waals surface area (Å²) >= 11 is 0. The minimum atomic E-state index is -0.235. The van der Waals surface area contributed by atoms with Crippen LogP contribution in [0.5, 0.6) is 0 Å². The highest BCUT2D eigenvalue weighted by atomic mass is 16.1. The van der Waals surface area contributed by atoms with Crippen LogP contribution in [0.4, 0.5) is 5.69 Å². The summed E-state index contributed by atoms with van der Waals surface area (Å²) in [5, 5.41) is 16.1. The third-order valence-electron chi connectivity index (χ3n) is 1.60. The monoisotopic (exact) mass is 189 g/mol. The standard InChI is InChI=1S/C8H7N5O/c14-8(6-1-2-9-10-3-6)13-7-4-11-12-5-7/h1-5H,(H,11,12)(H,13,14). The van der Waals surface area contributed by atoms with Gasteiger partial charge >= 0.3 is 0 Å². The third-order valence-corrected chi connectivity index (χ3v) is 1.60. The fraction of sp³-hybridized carbons (Fsp3) is 0. The number of hydrogen-bond donors (Lipinski definition) is 2. The largest absolute Gasteiger partial charge is 0.319 e. The van der Waals surface area contributed by atoms with Crippen LogP contribution < -0.4 is 5.32 Å². The fourth-order valence-corrected chi connectivity index (χ4v) is 0.948. The molecule has 0 fully saturated rings. The topological polar surface area (TPSA) is 83.6 Å². The Kier molecular flexibility index (Phi) is 2.18. The molecule has 0 radical (unpaired) electrons. The summed E-state index contributed by atoms with van der Waals surface area (Å²) in [4.78, 5) is 11.5. The van der Waals surface area contributed by atoms with E-state index in [9.17, 15) is 4.79 Å². The molecule has 1 amide bonds. The Hall–Kier alpha value is -2.24. The third kappa shape index (κ3) is 1.74. The van der Waals surface area contributed by atoms with Crippen molar-refractivity contribution in [2.75, 3.05) is 5.32 Å². The van der Waals surface area contributed by atoms with E-state index in [2.05, 4.69) is 25.7 Å². The number of aromatic amines is 1. The van der Waals surface area contributed by atoms with Crippen LogP contribution in [0.1, 0.15) is 10.4 Å². The van der Waals surface area contributed by atoms with Gasteiger partial charge in [-0.1, -0.05) is 0 Å². The summed E-state index contributed by atoms with van der Waals surface area (Å²) in [6.07, 6.45) is 5.97. The van der Waals surface area contributed by atoms with E-state index in [0.717, 1.165) is 0 Å². The van der Waals surface area contributed by atoms with Gasteiger partial charge in [0.2, 0.25) is 0 Å². The van der Waals surface area contributed by atoms with E-state index in [1.54, 1.807) is 12.3 Å². The molecule has 0 atom stereocenters. The lowest BCUT2D eigenvalue weighted by Crippen LogP contribution is -2.11. The number of amides is 1. The molecule has 0 saturated heterocycles. The molecule has 0 spiro atoms. The van der Waals surface area contributed by atoms with Crippen LogP contribution in [0.15, 0.2) is 30.9 Å². The summed E-state index contributed by atoms with van der Waals surface area (Å²) in [5.74, 6) is -0.235. The van der Waals surface area contributed by atoms with E-state index >= 15 is 0 Å². The fourth-order valence-electron chi connectivity index (χ4n) is 0.948. The molecule has 0 aliphatic carbocycles. The molecule has 70 valence electrons. The Bertz CT molecular complexity index is 411. The number of rotatable bonds is 2. The zero-order valence-electron chi connectivity index (χ0n) is 7.14. The van der Waals surface area contributed by atoms with Crippen molar-refractivity contribution in [1.82, 2.24) is 20.4 Å². The first-order valence-electron chi connectivity index (χ1n) is 3.93. The lowest BCUT2D eigenvalue weighted by atomic mass is 10.3. The van der Waals surface area contributed by atoms with E-state index in [-0.39, 0.29) is 5.91 Å². The number of hydrogen-bond acceptors (Lipinski definition) is 4. The normalized spacial score (nSPS) is 9.71. The first kappa shape index (κ1) is 8.36. The van der Waals surface area contributed by atoms with Crippen molar-refractivity contribution in [2.24, 2.45) is 0 Å². The lowest BCUT2D eigenvalue weighted by molar-refractivity contribution is 0.102. The molecule has 0 bridgehead atoms. The van der Waals surface area contributed by atoms with Crippen LogP contribution in [-0.4, -0.2) is 26.3 Å². The second-order valence-electron chi connectivity index (χ2n) is 2.57. The number of nitrogens with zero attached hydrogens (tertiary/aromatic N) is 3. The summed E-state index contributed by atoms with van der Waals surface area (Å²) in [6, 6.07) is 1.59. The van der Waals surface area contributed by atoms with Gasteiger partial charge in [0, 0.05) is 6.20 Å². The number of nitrogens with one attached hydrogen (secondary N) is 2. The van der Waals surface area contributed by atoms with Gasteiger partial charge in [-0.3, -0.25) is 9.89 Å². The average Bonchev–Trinajstić information content (AvgIpc) is 2.72. The summed E-state index contributed by atoms with van der Waals surface area (Å²) in [6.45, 7) is 0. The van der Waals surface area contributed by atoms with Crippen molar-refractivity contribution in [3.8, 4) is 0 Å². The van der Waals surface area contributed by atoms with Crippen molar-refractivity contribution in [2.45, 2.75) is 0 Å². The molecule has 2 N–H and O–H groups in total. The van der Waals surface area contributed by atoms with E-state index in [0.29, 0.717) is 11.3 Å². The maximum absolute atomic E-state index is 11.5. The van der Waals surface area contributed by atoms with Crippen molar-refractivity contribution < 1.29 is 4.79 Å². The zero-order chi connectivity index (χ0) is 9.80. The van der Waals surface area contributed by atoms with Gasteiger partial charge in [-0.25, -0.2) is 0 Å². The summed E-state index contributed by atoms with van der Waals surface area (Å²) in [7, 11) is 0. The minimum absolute atomic E-state index is 0.235. The van der Waals surface area contributed by atoms with Gasteiger partial charge in [-0.2, -0.15) is 15.3 Å². The SMILES string of the molecule is O=C(Nc1cn[nH]c1)c1ccnnc1. The Balaban J connectivity index is 2.11. The summed E-state index contributed by atoms with van der Waals surface area (Å²) in [5.41, 5.74) is 1.08. The van der Waals surface area contributed by atoms with Crippen molar-refractivity contribution in [3.63, 3.8) is 0 Å². The first-order valence-corrected chi connectivity index (χ1v) is 3.93. The molecule has 2 heterocycles. The van der Waals surface area contributed by atoms with Crippen LogP contribution in [0.3, 0.4) is 0 Å². The molecule has 14 heavy (non-hydrogen) atoms. The molecule has 0 unspecified atom stereocenters. The smallest absolute Gasteiger partial charge is 0.257 e. The quantitative estimate of drug-likeness (QED) is 0.718. The maximum atomic E-state index is 11.5. The van der Waals surface area contributed by atoms with Gasteiger partial charge in [-0.05, 0) is 6.07 Å². The molecule has 2 aromatic heterocycles. The minimum Gasteiger partial charge on any atom is -0.319 e. The Labute approximate surface area is 79.4 Å². The van der Waals surface area contributed by atoms with Gasteiger partial charge in [0.25, 0.3) is 5.91 Å². The summed E-state index contributed by atoms with van der Waals surface area (Å²) < 4.78 is 0. The van der Waals surface area contributed by atoms with Gasteiger partial charge in [0.1, 0.15) is 0 Å². The molecule has 2 rings (SSSR count). The second-order valence-corrected chi connectivity index (χ2v) is 2.57. The molecular weight excluding hydrogens is 182 g/mol. The van der Waals surface area contributed by atoms with Crippen LogP contribution in [0.2, 0.25) is 0 Å². The second kappa shape index (κ2) is 3.65. The van der Waals surface area contributed by atoms with Crippen molar-refractivity contribution in [1.29, 1.82) is 0 Å². The Morgan fingerprint density at radius 3 is 2.93 bits per heavy atom. The van der Waals surface area contributed by atoms with E-state index in [1.807, 2.05) is 0 Å². The van der Waals surface area contributed by atoms with Crippen molar-refractivity contribution >= 4 is 11.6 Å². The molecule has 6 nitrogen and oxygen atoms in total. The zero-order valence-corrected chi connectivity index (χ0v) is 7.14. The number of carbonyl (C=O) groups excluding carboxylic acids is 1. The average molecular weight is 189 g/mol. The van der Waals surface area contributed by atoms with Crippen molar-refractivity contribution in [3.05, 3.63) is 36.4 Å². The number of carbonyl (C=O) groups is 1. The molecule has 0 aliphatic rings.